The quantitative estimate of drug-likeness (QED) is 0.293. The first-order chi connectivity index (χ1) is 7.97. The molecular weight excluding hydrogens is 220 g/mol. The highest BCUT2D eigenvalue weighted by atomic mass is 16.4. The Balaban J connectivity index is 2.58. The maximum Gasteiger partial charge on any atom is 0.318 e. The van der Waals surface area contributed by atoms with Crippen LogP contribution in [-0.2, 0) is 0 Å². The molecular formula is C11H22N4O2. The Labute approximate surface area is 102 Å². The zero-order valence-electron chi connectivity index (χ0n) is 10.6. The average molecular weight is 242 g/mol. The van der Waals surface area contributed by atoms with Crippen molar-refractivity contribution in [3.8, 4) is 0 Å². The number of nitrogens with zero attached hydrogens (tertiary/aromatic N) is 2. The van der Waals surface area contributed by atoms with Crippen LogP contribution in [-0.4, -0.2) is 40.6 Å². The first-order valence-electron chi connectivity index (χ1n) is 6.02. The molecule has 1 fully saturated rings. The Bertz CT molecular complexity index is 294. The van der Waals surface area contributed by atoms with Gasteiger partial charge in [0.15, 0.2) is 5.84 Å². The van der Waals surface area contributed by atoms with E-state index in [9.17, 15) is 4.79 Å². The van der Waals surface area contributed by atoms with Gasteiger partial charge in [-0.15, -0.1) is 0 Å². The Morgan fingerprint density at radius 1 is 1.29 bits per heavy atom. The third-order valence-corrected chi connectivity index (χ3v) is 3.06. The number of carbonyl (C=O) groups excluding carboxylic acids is 1. The summed E-state index contributed by atoms with van der Waals surface area (Å²) >= 11 is 0. The highest BCUT2D eigenvalue weighted by Crippen LogP contribution is 2.11. The van der Waals surface area contributed by atoms with E-state index in [4.69, 9.17) is 10.9 Å². The van der Waals surface area contributed by atoms with E-state index in [0.29, 0.717) is 0 Å². The molecule has 0 aromatic rings. The second-order valence-electron chi connectivity index (χ2n) is 4.94. The Kier molecular flexibility index (Phi) is 4.60. The number of amides is 2. The summed E-state index contributed by atoms with van der Waals surface area (Å²) in [7, 11) is 0. The summed E-state index contributed by atoms with van der Waals surface area (Å²) in [5.41, 5.74) is 4.69. The van der Waals surface area contributed by atoms with Gasteiger partial charge in [0, 0.05) is 13.1 Å². The molecule has 4 N–H and O–H groups in total. The normalized spacial score (nSPS) is 18.7. The van der Waals surface area contributed by atoms with Gasteiger partial charge in [-0.2, -0.15) is 0 Å². The van der Waals surface area contributed by atoms with Crippen molar-refractivity contribution in [3.05, 3.63) is 0 Å². The molecule has 1 aliphatic rings. The summed E-state index contributed by atoms with van der Waals surface area (Å²) in [5.74, 6) is 0.000622. The van der Waals surface area contributed by atoms with Gasteiger partial charge in [-0.1, -0.05) is 18.0 Å². The van der Waals surface area contributed by atoms with E-state index >= 15 is 0 Å². The molecule has 0 spiro atoms. The topological polar surface area (TPSA) is 91.0 Å². The van der Waals surface area contributed by atoms with Gasteiger partial charge in [-0.25, -0.2) is 4.79 Å². The summed E-state index contributed by atoms with van der Waals surface area (Å²) < 4.78 is 0. The van der Waals surface area contributed by atoms with E-state index in [2.05, 4.69) is 10.5 Å². The lowest BCUT2D eigenvalue weighted by Gasteiger charge is -2.29. The van der Waals surface area contributed by atoms with Gasteiger partial charge in [0.05, 0.1) is 5.54 Å². The first kappa shape index (κ1) is 13.6. The fourth-order valence-corrected chi connectivity index (χ4v) is 1.81. The maximum absolute atomic E-state index is 12.0. The van der Waals surface area contributed by atoms with Crippen molar-refractivity contribution >= 4 is 11.9 Å². The van der Waals surface area contributed by atoms with E-state index < -0.39 is 5.54 Å². The number of urea groups is 1. The summed E-state index contributed by atoms with van der Waals surface area (Å²) in [6.45, 7) is 4.96. The van der Waals surface area contributed by atoms with E-state index in [1.807, 2.05) is 0 Å². The average Bonchev–Trinajstić information content (AvgIpc) is 2.55. The Morgan fingerprint density at radius 3 is 2.29 bits per heavy atom. The molecule has 1 aliphatic heterocycles. The van der Waals surface area contributed by atoms with Crippen molar-refractivity contribution < 1.29 is 10.0 Å². The molecule has 6 heteroatoms. The molecule has 0 aliphatic carbocycles. The van der Waals surface area contributed by atoms with Crippen molar-refractivity contribution in [3.63, 3.8) is 0 Å². The van der Waals surface area contributed by atoms with Gasteiger partial charge < -0.3 is 21.2 Å². The second kappa shape index (κ2) is 5.75. The maximum atomic E-state index is 12.0. The second-order valence-corrected chi connectivity index (χ2v) is 4.94. The lowest BCUT2D eigenvalue weighted by atomic mass is 10.1. The van der Waals surface area contributed by atoms with Gasteiger partial charge in [0.2, 0.25) is 0 Å². The number of carbonyl (C=O) groups is 1. The molecule has 98 valence electrons. The highest BCUT2D eigenvalue weighted by Gasteiger charge is 2.28. The zero-order valence-corrected chi connectivity index (χ0v) is 10.6. The minimum Gasteiger partial charge on any atom is -0.409 e. The number of hydrogen-bond donors (Lipinski definition) is 3. The van der Waals surface area contributed by atoms with Crippen LogP contribution in [0.15, 0.2) is 5.16 Å². The molecule has 0 saturated carbocycles. The van der Waals surface area contributed by atoms with Crippen molar-refractivity contribution in [2.75, 3.05) is 13.1 Å². The highest BCUT2D eigenvalue weighted by molar-refractivity contribution is 5.92. The fraction of sp³-hybridized carbons (Fsp3) is 0.818. The van der Waals surface area contributed by atoms with Crippen LogP contribution in [0.25, 0.3) is 0 Å². The molecule has 6 nitrogen and oxygen atoms in total. The molecule has 17 heavy (non-hydrogen) atoms. The van der Waals surface area contributed by atoms with Crippen LogP contribution in [0.4, 0.5) is 4.79 Å². The van der Waals surface area contributed by atoms with E-state index in [1.54, 1.807) is 18.7 Å². The number of oxime groups is 1. The molecule has 2 amide bonds. The standard InChI is InChI=1S/C11H22N4O2/c1-11(2,9(12)14-17)13-10(16)15-7-5-3-4-6-8-15/h17H,3-8H2,1-2H3,(H2,12,14)(H,13,16). The van der Waals surface area contributed by atoms with Crippen LogP contribution in [0.3, 0.4) is 0 Å². The van der Waals surface area contributed by atoms with Gasteiger partial charge in [-0.05, 0) is 26.7 Å². The number of hydrogen-bond acceptors (Lipinski definition) is 3. The van der Waals surface area contributed by atoms with Gasteiger partial charge in [0.25, 0.3) is 0 Å². The molecule has 0 atom stereocenters. The van der Waals surface area contributed by atoms with Gasteiger partial charge in [-0.3, -0.25) is 0 Å². The third kappa shape index (κ3) is 3.80. The summed E-state index contributed by atoms with van der Waals surface area (Å²) in [5, 5.41) is 14.4. The van der Waals surface area contributed by atoms with Crippen molar-refractivity contribution in [1.82, 2.24) is 10.2 Å². The van der Waals surface area contributed by atoms with Crippen LogP contribution in [0.5, 0.6) is 0 Å². The van der Waals surface area contributed by atoms with Gasteiger partial charge in [0.1, 0.15) is 0 Å². The molecule has 0 aromatic heterocycles. The fourth-order valence-electron chi connectivity index (χ4n) is 1.81. The zero-order chi connectivity index (χ0) is 12.9. The molecule has 1 heterocycles. The van der Waals surface area contributed by atoms with Crippen LogP contribution in [0.2, 0.25) is 0 Å². The molecule has 0 aromatic carbocycles. The Morgan fingerprint density at radius 2 is 1.82 bits per heavy atom. The molecule has 1 rings (SSSR count). The van der Waals surface area contributed by atoms with E-state index in [0.717, 1.165) is 25.9 Å². The third-order valence-electron chi connectivity index (χ3n) is 3.06. The minimum atomic E-state index is -0.835. The summed E-state index contributed by atoms with van der Waals surface area (Å²) in [6.07, 6.45) is 4.43. The molecule has 1 saturated heterocycles. The van der Waals surface area contributed by atoms with Crippen molar-refractivity contribution in [1.29, 1.82) is 0 Å². The lowest BCUT2D eigenvalue weighted by molar-refractivity contribution is 0.193. The number of nitrogens with two attached hydrogens (primary N) is 1. The summed E-state index contributed by atoms with van der Waals surface area (Å²) in [4.78, 5) is 13.8. The molecule has 0 radical (unpaired) electrons. The molecule has 0 unspecified atom stereocenters. The molecule has 0 bridgehead atoms. The number of likely N-dealkylation sites (tertiary alicyclic amines) is 1. The van der Waals surface area contributed by atoms with Crippen LogP contribution in [0, 0.1) is 0 Å². The van der Waals surface area contributed by atoms with E-state index in [-0.39, 0.29) is 11.9 Å². The number of nitrogens with one attached hydrogen (secondary N) is 1. The SMILES string of the molecule is CC(C)(NC(=O)N1CCCCCC1)C(N)=NO. The Hall–Kier alpha value is -1.46. The van der Waals surface area contributed by atoms with Crippen LogP contribution in [0.1, 0.15) is 39.5 Å². The van der Waals surface area contributed by atoms with Gasteiger partial charge >= 0.3 is 6.03 Å². The van der Waals surface area contributed by atoms with Crippen molar-refractivity contribution in [2.24, 2.45) is 10.9 Å². The van der Waals surface area contributed by atoms with Crippen LogP contribution < -0.4 is 11.1 Å². The largest absolute Gasteiger partial charge is 0.409 e. The first-order valence-corrected chi connectivity index (χ1v) is 6.02. The number of rotatable bonds is 2. The smallest absolute Gasteiger partial charge is 0.318 e. The minimum absolute atomic E-state index is 0.000622. The predicted molar refractivity (Wildman–Crippen MR) is 66.1 cm³/mol. The van der Waals surface area contributed by atoms with Crippen molar-refractivity contribution in [2.45, 2.75) is 45.1 Å². The lowest BCUT2D eigenvalue weighted by Crippen LogP contribution is -2.56. The van der Waals surface area contributed by atoms with E-state index in [1.165, 1.54) is 12.8 Å². The number of amidine groups is 1. The predicted octanol–water partition coefficient (Wildman–Crippen LogP) is 1.10. The monoisotopic (exact) mass is 242 g/mol. The van der Waals surface area contributed by atoms with Crippen LogP contribution >= 0.6 is 0 Å². The summed E-state index contributed by atoms with van der Waals surface area (Å²) in [6, 6.07) is -0.150.